The molecule has 24 heavy (non-hydrogen) atoms. The molecule has 0 bridgehead atoms. The Morgan fingerprint density at radius 2 is 1.88 bits per heavy atom. The number of hydrogen-bond donors (Lipinski definition) is 2. The van der Waals surface area contributed by atoms with Crippen LogP contribution in [0.3, 0.4) is 0 Å². The Morgan fingerprint density at radius 3 is 2.46 bits per heavy atom. The minimum absolute atomic E-state index is 0.0864. The summed E-state index contributed by atoms with van der Waals surface area (Å²) in [5.74, 6) is -0.435. The van der Waals surface area contributed by atoms with Crippen molar-refractivity contribution in [3.8, 4) is 11.8 Å². The van der Waals surface area contributed by atoms with Crippen LogP contribution in [0.1, 0.15) is 0 Å². The average molecular weight is 362 g/mol. The fourth-order valence-electron chi connectivity index (χ4n) is 1.87. The fourth-order valence-corrected chi connectivity index (χ4v) is 2.16. The van der Waals surface area contributed by atoms with E-state index in [1.54, 1.807) is 36.2 Å². The second-order valence-electron chi connectivity index (χ2n) is 4.86. The van der Waals surface area contributed by atoms with Crippen molar-refractivity contribution in [3.05, 3.63) is 64.3 Å². The van der Waals surface area contributed by atoms with Gasteiger partial charge in [0.2, 0.25) is 0 Å². The van der Waals surface area contributed by atoms with Crippen LogP contribution in [0.25, 0.3) is 0 Å². The van der Waals surface area contributed by atoms with Gasteiger partial charge in [0.25, 0.3) is 5.91 Å². The van der Waals surface area contributed by atoms with E-state index < -0.39 is 5.91 Å². The molecule has 0 aliphatic heterocycles. The highest BCUT2D eigenvalue weighted by Gasteiger charge is 2.12. The summed E-state index contributed by atoms with van der Waals surface area (Å²) in [4.78, 5) is 13.8. The van der Waals surface area contributed by atoms with Crippen LogP contribution in [-0.4, -0.2) is 18.1 Å². The maximum atomic E-state index is 12.2. The molecule has 0 heterocycles. The van der Waals surface area contributed by atoms with E-state index >= 15 is 0 Å². The van der Waals surface area contributed by atoms with E-state index in [0.717, 1.165) is 0 Å². The summed E-state index contributed by atoms with van der Waals surface area (Å²) < 4.78 is 0. The lowest BCUT2D eigenvalue weighted by molar-refractivity contribution is -0.112. The van der Waals surface area contributed by atoms with Crippen LogP contribution < -0.4 is 10.2 Å². The lowest BCUT2D eigenvalue weighted by Crippen LogP contribution is -2.17. The van der Waals surface area contributed by atoms with Crippen LogP contribution >= 0.6 is 23.2 Å². The second-order valence-corrected chi connectivity index (χ2v) is 5.68. The number of carbonyl (C=O) groups excluding carboxylic acids is 1. The first-order valence-electron chi connectivity index (χ1n) is 6.81. The molecule has 0 radical (unpaired) electrons. The zero-order valence-electron chi connectivity index (χ0n) is 12.6. The largest absolute Gasteiger partial charge is 0.508 e. The van der Waals surface area contributed by atoms with Crippen molar-refractivity contribution in [1.29, 1.82) is 5.26 Å². The number of aromatic hydroxyl groups is 1. The maximum Gasteiger partial charge on any atom is 0.267 e. The Morgan fingerprint density at radius 1 is 1.21 bits per heavy atom. The van der Waals surface area contributed by atoms with E-state index in [9.17, 15) is 15.2 Å². The van der Waals surface area contributed by atoms with E-state index in [1.165, 1.54) is 24.4 Å². The van der Waals surface area contributed by atoms with Gasteiger partial charge >= 0.3 is 0 Å². The Bertz CT molecular complexity index is 827. The minimum Gasteiger partial charge on any atom is -0.508 e. The van der Waals surface area contributed by atoms with E-state index in [1.807, 2.05) is 6.07 Å². The van der Waals surface area contributed by atoms with Crippen molar-refractivity contribution in [2.24, 2.45) is 0 Å². The van der Waals surface area contributed by atoms with Gasteiger partial charge in [0, 0.05) is 24.6 Å². The molecule has 0 aliphatic carbocycles. The molecular formula is C17H13Cl2N3O2. The van der Waals surface area contributed by atoms with E-state index in [4.69, 9.17) is 23.2 Å². The summed E-state index contributed by atoms with van der Waals surface area (Å²) in [6.45, 7) is 0. The first-order valence-corrected chi connectivity index (χ1v) is 7.56. The number of rotatable bonds is 4. The van der Waals surface area contributed by atoms with Gasteiger partial charge in [-0.25, -0.2) is 0 Å². The molecule has 2 aromatic carbocycles. The number of hydrogen-bond acceptors (Lipinski definition) is 4. The third-order valence-electron chi connectivity index (χ3n) is 3.12. The monoisotopic (exact) mass is 361 g/mol. The molecule has 0 saturated heterocycles. The van der Waals surface area contributed by atoms with E-state index in [0.29, 0.717) is 21.4 Å². The summed E-state index contributed by atoms with van der Waals surface area (Å²) in [7, 11) is 1.69. The summed E-state index contributed by atoms with van der Waals surface area (Å²) in [5.41, 5.74) is 1.06. The van der Waals surface area contributed by atoms with Crippen LogP contribution in [0.2, 0.25) is 10.0 Å². The van der Waals surface area contributed by atoms with Gasteiger partial charge in [-0.05, 0) is 42.5 Å². The zero-order valence-corrected chi connectivity index (χ0v) is 14.1. The molecule has 2 aromatic rings. The van der Waals surface area contributed by atoms with Crippen LogP contribution in [0.15, 0.2) is 54.2 Å². The standard InChI is InChI=1S/C17H13Cl2N3O2/c1-22(13-3-5-14(23)6-4-13)10-11(9-20)17(24)21-12-2-7-15(18)16(19)8-12/h2-8,10,23H,1H3,(H,21,24)/b11-10-. The molecule has 7 heteroatoms. The van der Waals surface area contributed by atoms with Crippen LogP contribution in [0.4, 0.5) is 11.4 Å². The number of benzene rings is 2. The number of nitriles is 1. The van der Waals surface area contributed by atoms with Crippen molar-refractivity contribution < 1.29 is 9.90 Å². The number of nitrogens with zero attached hydrogens (tertiary/aromatic N) is 2. The molecule has 5 nitrogen and oxygen atoms in total. The summed E-state index contributed by atoms with van der Waals surface area (Å²) in [6, 6.07) is 12.9. The van der Waals surface area contributed by atoms with Gasteiger partial charge in [-0.2, -0.15) is 5.26 Å². The third kappa shape index (κ3) is 4.42. The van der Waals surface area contributed by atoms with Crippen LogP contribution in [0.5, 0.6) is 5.75 Å². The first kappa shape index (κ1) is 17.7. The lowest BCUT2D eigenvalue weighted by atomic mass is 10.2. The molecule has 0 aliphatic rings. The van der Waals surface area contributed by atoms with Gasteiger partial charge in [0.15, 0.2) is 0 Å². The Kier molecular flexibility index (Phi) is 5.69. The molecule has 0 aromatic heterocycles. The smallest absolute Gasteiger partial charge is 0.267 e. The lowest BCUT2D eigenvalue weighted by Gasteiger charge is -2.15. The van der Waals surface area contributed by atoms with Gasteiger partial charge in [-0.15, -0.1) is 0 Å². The third-order valence-corrected chi connectivity index (χ3v) is 3.86. The highest BCUT2D eigenvalue weighted by atomic mass is 35.5. The average Bonchev–Trinajstić information content (AvgIpc) is 2.56. The van der Waals surface area contributed by atoms with Crippen molar-refractivity contribution in [3.63, 3.8) is 0 Å². The number of phenols is 1. The topological polar surface area (TPSA) is 76.4 Å². The predicted molar refractivity (Wildman–Crippen MR) is 95.3 cm³/mol. The second kappa shape index (κ2) is 7.73. The van der Waals surface area contributed by atoms with Crippen molar-refractivity contribution in [2.75, 3.05) is 17.3 Å². The Balaban J connectivity index is 2.17. The molecule has 122 valence electrons. The normalized spacial score (nSPS) is 10.8. The number of phenolic OH excluding ortho intramolecular Hbond substituents is 1. The number of nitrogens with one attached hydrogen (secondary N) is 1. The molecular weight excluding hydrogens is 349 g/mol. The van der Waals surface area contributed by atoms with Gasteiger partial charge in [-0.1, -0.05) is 23.2 Å². The number of halogens is 2. The summed E-state index contributed by atoms with van der Waals surface area (Å²) in [5, 5.41) is 21.8. The molecule has 2 N–H and O–H groups in total. The van der Waals surface area contributed by atoms with E-state index in [2.05, 4.69) is 5.32 Å². The molecule has 0 atom stereocenters. The number of carbonyl (C=O) groups is 1. The minimum atomic E-state index is -0.568. The number of anilines is 2. The fraction of sp³-hybridized carbons (Fsp3) is 0.0588. The van der Waals surface area contributed by atoms with Crippen LogP contribution in [-0.2, 0) is 4.79 Å². The molecule has 0 fully saturated rings. The number of amides is 1. The van der Waals surface area contributed by atoms with Crippen molar-refractivity contribution in [2.45, 2.75) is 0 Å². The van der Waals surface area contributed by atoms with Crippen LogP contribution in [0, 0.1) is 11.3 Å². The van der Waals surface area contributed by atoms with Crippen molar-refractivity contribution in [1.82, 2.24) is 0 Å². The molecule has 0 unspecified atom stereocenters. The van der Waals surface area contributed by atoms with Gasteiger partial charge in [0.05, 0.1) is 10.0 Å². The molecule has 0 spiro atoms. The SMILES string of the molecule is CN(/C=C(/C#N)C(=O)Nc1ccc(Cl)c(Cl)c1)c1ccc(O)cc1. The predicted octanol–water partition coefficient (Wildman–Crippen LogP) is 4.18. The van der Waals surface area contributed by atoms with Crippen molar-refractivity contribution >= 4 is 40.5 Å². The summed E-state index contributed by atoms with van der Waals surface area (Å²) in [6.07, 6.45) is 1.40. The van der Waals surface area contributed by atoms with Gasteiger partial charge < -0.3 is 15.3 Å². The first-order chi connectivity index (χ1) is 11.4. The highest BCUT2D eigenvalue weighted by molar-refractivity contribution is 6.42. The zero-order chi connectivity index (χ0) is 17.7. The highest BCUT2D eigenvalue weighted by Crippen LogP contribution is 2.25. The maximum absolute atomic E-state index is 12.2. The molecule has 2 rings (SSSR count). The Labute approximate surface area is 149 Å². The van der Waals surface area contributed by atoms with Gasteiger partial charge in [0.1, 0.15) is 17.4 Å². The summed E-state index contributed by atoms with van der Waals surface area (Å²) >= 11 is 11.7. The molecule has 0 saturated carbocycles. The van der Waals surface area contributed by atoms with Gasteiger partial charge in [-0.3, -0.25) is 4.79 Å². The Hall–Kier alpha value is -2.68. The molecule has 1 amide bonds. The quantitative estimate of drug-likeness (QED) is 0.632. The van der Waals surface area contributed by atoms with E-state index in [-0.39, 0.29) is 11.3 Å².